The van der Waals surface area contributed by atoms with Crippen LogP contribution in [0.3, 0.4) is 0 Å². The topological polar surface area (TPSA) is 68.4 Å². The van der Waals surface area contributed by atoms with E-state index in [4.69, 9.17) is 9.47 Å². The van der Waals surface area contributed by atoms with Crippen LogP contribution in [0.15, 0.2) is 12.2 Å². The van der Waals surface area contributed by atoms with Crippen molar-refractivity contribution in [1.29, 1.82) is 0 Å². The number of hydrogen-bond acceptors (Lipinski definition) is 4. The lowest BCUT2D eigenvalue weighted by molar-refractivity contribution is 0.0524. The van der Waals surface area contributed by atoms with Crippen molar-refractivity contribution < 1.29 is 19.1 Å². The first-order chi connectivity index (χ1) is 8.88. The molecular formula is C14H19NO4. The summed E-state index contributed by atoms with van der Waals surface area (Å²) in [6.07, 6.45) is 0. The maximum atomic E-state index is 11.9. The molecule has 0 atom stereocenters. The quantitative estimate of drug-likeness (QED) is 0.656. The molecule has 0 aromatic carbocycles. The molecular weight excluding hydrogens is 246 g/mol. The van der Waals surface area contributed by atoms with Crippen LogP contribution in [0, 0.1) is 13.8 Å². The van der Waals surface area contributed by atoms with Gasteiger partial charge in [-0.3, -0.25) is 0 Å². The summed E-state index contributed by atoms with van der Waals surface area (Å²) in [6, 6.07) is 0. The van der Waals surface area contributed by atoms with E-state index in [1.54, 1.807) is 27.7 Å². The molecule has 19 heavy (non-hydrogen) atoms. The molecule has 0 aliphatic heterocycles. The minimum absolute atomic E-state index is 0.158. The van der Waals surface area contributed by atoms with Gasteiger partial charge in [0.15, 0.2) is 0 Å². The fourth-order valence-corrected chi connectivity index (χ4v) is 1.72. The predicted octanol–water partition coefficient (Wildman–Crippen LogP) is 2.54. The molecule has 0 saturated carbocycles. The van der Waals surface area contributed by atoms with Crippen molar-refractivity contribution in [3.8, 4) is 0 Å². The van der Waals surface area contributed by atoms with Crippen molar-refractivity contribution in [3.63, 3.8) is 0 Å². The normalized spacial score (nSPS) is 10.1. The fraction of sp³-hybridized carbons (Fsp3) is 0.429. The molecule has 5 heteroatoms. The second kappa shape index (κ2) is 6.22. The third-order valence-corrected chi connectivity index (χ3v) is 2.57. The Hall–Kier alpha value is -2.04. The van der Waals surface area contributed by atoms with Crippen molar-refractivity contribution >= 4 is 11.9 Å². The van der Waals surface area contributed by atoms with Gasteiger partial charge in [0.25, 0.3) is 0 Å². The predicted molar refractivity (Wildman–Crippen MR) is 71.3 cm³/mol. The van der Waals surface area contributed by atoms with Crippen molar-refractivity contribution in [2.24, 2.45) is 0 Å². The Morgan fingerprint density at radius 2 is 1.84 bits per heavy atom. The van der Waals surface area contributed by atoms with Crippen LogP contribution in [0.4, 0.5) is 0 Å². The minimum atomic E-state index is -0.501. The highest BCUT2D eigenvalue weighted by Crippen LogP contribution is 2.19. The molecule has 0 fully saturated rings. The molecule has 0 unspecified atom stereocenters. The molecule has 1 heterocycles. The van der Waals surface area contributed by atoms with Crippen LogP contribution in [0.25, 0.3) is 0 Å². The third-order valence-electron chi connectivity index (χ3n) is 2.57. The van der Waals surface area contributed by atoms with Crippen LogP contribution < -0.4 is 0 Å². The van der Waals surface area contributed by atoms with Gasteiger partial charge in [0.05, 0.1) is 12.2 Å². The Labute approximate surface area is 112 Å². The second-order valence-electron chi connectivity index (χ2n) is 4.38. The zero-order valence-electron chi connectivity index (χ0n) is 11.8. The molecule has 1 N–H and O–H groups in total. The van der Waals surface area contributed by atoms with E-state index in [9.17, 15) is 9.59 Å². The zero-order valence-corrected chi connectivity index (χ0v) is 11.8. The van der Waals surface area contributed by atoms with E-state index >= 15 is 0 Å². The first-order valence-corrected chi connectivity index (χ1v) is 6.06. The molecule has 0 saturated heterocycles. The maximum Gasteiger partial charge on any atom is 0.355 e. The molecule has 1 aromatic rings. The van der Waals surface area contributed by atoms with Gasteiger partial charge in [-0.1, -0.05) is 6.58 Å². The summed E-state index contributed by atoms with van der Waals surface area (Å²) in [5.41, 5.74) is 2.56. The van der Waals surface area contributed by atoms with Crippen molar-refractivity contribution in [3.05, 3.63) is 34.7 Å². The Morgan fingerprint density at radius 3 is 2.37 bits per heavy atom. The van der Waals surface area contributed by atoms with Crippen molar-refractivity contribution in [2.75, 3.05) is 13.2 Å². The monoisotopic (exact) mass is 265 g/mol. The molecule has 0 radical (unpaired) electrons. The Kier molecular flexibility index (Phi) is 4.92. The van der Waals surface area contributed by atoms with Gasteiger partial charge in [0.1, 0.15) is 12.3 Å². The number of rotatable bonds is 5. The van der Waals surface area contributed by atoms with E-state index in [1.807, 2.05) is 0 Å². The lowest BCUT2D eigenvalue weighted by Crippen LogP contribution is -2.10. The van der Waals surface area contributed by atoms with Crippen LogP contribution in [0.5, 0.6) is 0 Å². The van der Waals surface area contributed by atoms with Crippen LogP contribution in [0.1, 0.15) is 46.0 Å². The minimum Gasteiger partial charge on any atom is -0.462 e. The van der Waals surface area contributed by atoms with Crippen LogP contribution >= 0.6 is 0 Å². The highest BCUT2D eigenvalue weighted by Gasteiger charge is 2.23. The first-order valence-electron chi connectivity index (χ1n) is 6.06. The smallest absolute Gasteiger partial charge is 0.355 e. The van der Waals surface area contributed by atoms with Gasteiger partial charge in [-0.05, 0) is 38.8 Å². The number of ether oxygens (including phenoxy) is 2. The lowest BCUT2D eigenvalue weighted by atomic mass is 10.1. The molecule has 0 aliphatic rings. The number of hydrogen-bond donors (Lipinski definition) is 1. The molecule has 0 bridgehead atoms. The second-order valence-corrected chi connectivity index (χ2v) is 4.38. The van der Waals surface area contributed by atoms with Gasteiger partial charge in [0, 0.05) is 5.69 Å². The number of aromatic nitrogens is 1. The van der Waals surface area contributed by atoms with E-state index < -0.39 is 11.9 Å². The van der Waals surface area contributed by atoms with Crippen LogP contribution in [-0.2, 0) is 9.47 Å². The Bertz CT molecular complexity index is 514. The zero-order chi connectivity index (χ0) is 14.6. The summed E-state index contributed by atoms with van der Waals surface area (Å²) in [5, 5.41) is 0. The number of aryl methyl sites for hydroxylation is 1. The van der Waals surface area contributed by atoms with Gasteiger partial charge in [-0.15, -0.1) is 0 Å². The summed E-state index contributed by atoms with van der Waals surface area (Å²) in [7, 11) is 0. The summed E-state index contributed by atoms with van der Waals surface area (Å²) < 4.78 is 10.0. The van der Waals surface area contributed by atoms with Crippen LogP contribution in [-0.4, -0.2) is 30.1 Å². The average molecular weight is 265 g/mol. The van der Waals surface area contributed by atoms with E-state index in [1.165, 1.54) is 0 Å². The molecule has 1 aromatic heterocycles. The fourth-order valence-electron chi connectivity index (χ4n) is 1.72. The van der Waals surface area contributed by atoms with E-state index in [0.717, 1.165) is 5.57 Å². The molecule has 104 valence electrons. The van der Waals surface area contributed by atoms with E-state index in [2.05, 4.69) is 11.6 Å². The number of esters is 2. The Balaban J connectivity index is 2.99. The van der Waals surface area contributed by atoms with Gasteiger partial charge in [0.2, 0.25) is 0 Å². The molecule has 5 nitrogen and oxygen atoms in total. The molecule has 1 rings (SSSR count). The molecule has 0 aliphatic carbocycles. The number of carbonyl (C=O) groups excluding carboxylic acids is 2. The standard InChI is InChI=1S/C14H19NO4/c1-6-18-13(16)11-9(4)12(15-10(11)5)14(17)19-7-8(2)3/h15H,2,6-7H2,1,3-5H3. The summed E-state index contributed by atoms with van der Waals surface area (Å²) >= 11 is 0. The van der Waals surface area contributed by atoms with Gasteiger partial charge in [-0.25, -0.2) is 9.59 Å². The van der Waals surface area contributed by atoms with Crippen LogP contribution in [0.2, 0.25) is 0 Å². The molecule has 0 amide bonds. The summed E-state index contributed by atoms with van der Waals surface area (Å²) in [6.45, 7) is 11.0. The van der Waals surface area contributed by atoms with Crippen molar-refractivity contribution in [1.82, 2.24) is 4.98 Å². The van der Waals surface area contributed by atoms with E-state index in [-0.39, 0.29) is 12.3 Å². The highest BCUT2D eigenvalue weighted by molar-refractivity contribution is 5.98. The number of H-pyrrole nitrogens is 1. The van der Waals surface area contributed by atoms with Gasteiger partial charge < -0.3 is 14.5 Å². The number of carbonyl (C=O) groups is 2. The summed E-state index contributed by atoms with van der Waals surface area (Å²) in [5.74, 6) is -0.938. The van der Waals surface area contributed by atoms with E-state index in [0.29, 0.717) is 23.4 Å². The average Bonchev–Trinajstić information content (AvgIpc) is 2.62. The first kappa shape index (κ1) is 15.0. The van der Waals surface area contributed by atoms with Crippen molar-refractivity contribution in [2.45, 2.75) is 27.7 Å². The maximum absolute atomic E-state index is 11.9. The SMILES string of the molecule is C=C(C)COC(=O)c1[nH]c(C)c(C(=O)OCC)c1C. The highest BCUT2D eigenvalue weighted by atomic mass is 16.5. The van der Waals surface area contributed by atoms with Gasteiger partial charge >= 0.3 is 11.9 Å². The molecule has 0 spiro atoms. The largest absolute Gasteiger partial charge is 0.462 e. The lowest BCUT2D eigenvalue weighted by Gasteiger charge is -2.04. The third kappa shape index (κ3) is 3.47. The van der Waals surface area contributed by atoms with Gasteiger partial charge in [-0.2, -0.15) is 0 Å². The number of aromatic amines is 1. The Morgan fingerprint density at radius 1 is 1.21 bits per heavy atom. The number of nitrogens with one attached hydrogen (secondary N) is 1. The summed E-state index contributed by atoms with van der Waals surface area (Å²) in [4.78, 5) is 26.5.